The van der Waals surface area contributed by atoms with Crippen molar-refractivity contribution in [3.05, 3.63) is 29.3 Å². The highest BCUT2D eigenvalue weighted by atomic mass is 35.5. The zero-order chi connectivity index (χ0) is 17.9. The highest BCUT2D eigenvalue weighted by molar-refractivity contribution is 5.85. The second-order valence-electron chi connectivity index (χ2n) is 7.75. The number of morpholine rings is 1. The van der Waals surface area contributed by atoms with Crippen LogP contribution in [0.1, 0.15) is 43.7 Å². The molecule has 0 spiro atoms. The van der Waals surface area contributed by atoms with Crippen molar-refractivity contribution in [3.8, 4) is 0 Å². The van der Waals surface area contributed by atoms with Crippen LogP contribution in [0.15, 0.2) is 18.2 Å². The van der Waals surface area contributed by atoms with E-state index < -0.39 is 0 Å². The van der Waals surface area contributed by atoms with Gasteiger partial charge in [0.1, 0.15) is 0 Å². The lowest BCUT2D eigenvalue weighted by molar-refractivity contribution is -0.128. The Labute approximate surface area is 175 Å². The number of amides is 1. The number of rotatable bonds is 4. The Morgan fingerprint density at radius 2 is 2.00 bits per heavy atom. The van der Waals surface area contributed by atoms with Crippen LogP contribution >= 0.6 is 24.8 Å². The molecule has 1 saturated heterocycles. The molecule has 1 aromatic carbocycles. The number of hydrogen-bond acceptors (Lipinski definition) is 4. The molecule has 7 heteroatoms. The van der Waals surface area contributed by atoms with Gasteiger partial charge in [-0.2, -0.15) is 0 Å². The summed E-state index contributed by atoms with van der Waals surface area (Å²) in [6.45, 7) is 7.98. The highest BCUT2D eigenvalue weighted by Gasteiger charge is 2.37. The number of aryl methyl sites for hydroxylation is 1. The molecule has 0 aromatic heterocycles. The van der Waals surface area contributed by atoms with Gasteiger partial charge in [-0.05, 0) is 43.9 Å². The van der Waals surface area contributed by atoms with Crippen LogP contribution in [0.4, 0.5) is 5.69 Å². The molecule has 2 aliphatic rings. The first-order chi connectivity index (χ1) is 12.0. The maximum atomic E-state index is 12.7. The minimum absolute atomic E-state index is 0. The lowest BCUT2D eigenvalue weighted by atomic mass is 9.74. The number of benzene rings is 1. The van der Waals surface area contributed by atoms with Crippen LogP contribution in [0.25, 0.3) is 0 Å². The summed E-state index contributed by atoms with van der Waals surface area (Å²) in [6.07, 6.45) is 4.03. The van der Waals surface area contributed by atoms with Gasteiger partial charge < -0.3 is 20.7 Å². The van der Waals surface area contributed by atoms with Crippen LogP contribution in [0.2, 0.25) is 0 Å². The van der Waals surface area contributed by atoms with Crippen molar-refractivity contribution in [2.75, 3.05) is 31.2 Å². The van der Waals surface area contributed by atoms with E-state index in [0.29, 0.717) is 6.54 Å². The largest absolute Gasteiger partial charge is 0.378 e. The van der Waals surface area contributed by atoms with Crippen LogP contribution in [0, 0.1) is 12.8 Å². The molecule has 2 atom stereocenters. The van der Waals surface area contributed by atoms with Crippen molar-refractivity contribution >= 4 is 36.4 Å². The molecule has 1 aliphatic heterocycles. The minimum Gasteiger partial charge on any atom is -0.378 e. The van der Waals surface area contributed by atoms with Gasteiger partial charge in [0, 0.05) is 30.9 Å². The molecule has 154 valence electrons. The van der Waals surface area contributed by atoms with E-state index >= 15 is 0 Å². The van der Waals surface area contributed by atoms with E-state index in [-0.39, 0.29) is 42.2 Å². The van der Waals surface area contributed by atoms with Crippen molar-refractivity contribution in [1.82, 2.24) is 5.32 Å². The molecule has 0 radical (unpaired) electrons. The third-order valence-corrected chi connectivity index (χ3v) is 5.62. The predicted octanol–water partition coefficient (Wildman–Crippen LogP) is 3.20. The fourth-order valence-electron chi connectivity index (χ4n) is 4.02. The summed E-state index contributed by atoms with van der Waals surface area (Å²) in [5.74, 6) is 0.0109. The number of carbonyl (C=O) groups is 1. The summed E-state index contributed by atoms with van der Waals surface area (Å²) < 4.78 is 5.47. The number of nitrogens with one attached hydrogen (secondary N) is 1. The summed E-state index contributed by atoms with van der Waals surface area (Å²) >= 11 is 0. The van der Waals surface area contributed by atoms with Crippen LogP contribution in [0.3, 0.4) is 0 Å². The fraction of sp³-hybridized carbons (Fsp3) is 0.650. The molecular formula is C20H33Cl2N3O2. The van der Waals surface area contributed by atoms with Crippen LogP contribution in [0.5, 0.6) is 0 Å². The van der Waals surface area contributed by atoms with E-state index in [4.69, 9.17) is 10.5 Å². The van der Waals surface area contributed by atoms with Crippen molar-refractivity contribution in [1.29, 1.82) is 0 Å². The topological polar surface area (TPSA) is 67.6 Å². The first-order valence-electron chi connectivity index (χ1n) is 9.46. The summed E-state index contributed by atoms with van der Waals surface area (Å²) in [5.41, 5.74) is 9.60. The molecule has 1 amide bonds. The van der Waals surface area contributed by atoms with E-state index in [0.717, 1.165) is 57.6 Å². The Morgan fingerprint density at radius 3 is 2.67 bits per heavy atom. The Bertz CT molecular complexity index is 619. The average Bonchev–Trinajstić information content (AvgIpc) is 2.60. The zero-order valence-corrected chi connectivity index (χ0v) is 18.0. The van der Waals surface area contributed by atoms with Gasteiger partial charge in [0.15, 0.2) is 0 Å². The number of nitrogens with two attached hydrogens (primary N) is 1. The fourth-order valence-corrected chi connectivity index (χ4v) is 4.02. The molecular weight excluding hydrogens is 385 g/mol. The number of carbonyl (C=O) groups excluding carboxylic acids is 1. The average molecular weight is 418 g/mol. The molecule has 0 bridgehead atoms. The van der Waals surface area contributed by atoms with E-state index in [1.807, 2.05) is 6.92 Å². The van der Waals surface area contributed by atoms with Gasteiger partial charge in [-0.15, -0.1) is 24.8 Å². The van der Waals surface area contributed by atoms with Gasteiger partial charge in [-0.1, -0.05) is 25.0 Å². The van der Waals surface area contributed by atoms with E-state index in [2.05, 4.69) is 35.3 Å². The number of hydrogen-bond donors (Lipinski definition) is 2. The maximum absolute atomic E-state index is 12.7. The minimum atomic E-state index is -0.386. The zero-order valence-electron chi connectivity index (χ0n) is 16.3. The smallest absolute Gasteiger partial charge is 0.225 e. The van der Waals surface area contributed by atoms with Crippen LogP contribution < -0.4 is 16.0 Å². The maximum Gasteiger partial charge on any atom is 0.225 e. The van der Waals surface area contributed by atoms with Gasteiger partial charge in [0.25, 0.3) is 0 Å². The normalized spacial score (nSPS) is 25.1. The highest BCUT2D eigenvalue weighted by Crippen LogP contribution is 2.32. The second kappa shape index (κ2) is 10.5. The molecule has 27 heavy (non-hydrogen) atoms. The molecule has 1 aromatic rings. The van der Waals surface area contributed by atoms with E-state index in [1.54, 1.807) is 0 Å². The summed E-state index contributed by atoms with van der Waals surface area (Å²) in [4.78, 5) is 15.1. The third kappa shape index (κ3) is 5.98. The van der Waals surface area contributed by atoms with Gasteiger partial charge >= 0.3 is 0 Å². The molecule has 1 saturated carbocycles. The van der Waals surface area contributed by atoms with Gasteiger partial charge in [-0.25, -0.2) is 0 Å². The van der Waals surface area contributed by atoms with Gasteiger partial charge in [0.05, 0.1) is 19.1 Å². The van der Waals surface area contributed by atoms with Crippen molar-refractivity contribution in [2.24, 2.45) is 11.7 Å². The van der Waals surface area contributed by atoms with Crippen molar-refractivity contribution < 1.29 is 9.53 Å². The third-order valence-electron chi connectivity index (χ3n) is 5.62. The SMILES string of the molecule is Cc1ccc(CNC(=O)C2CCCCC2(C)N)c(N2CCOCC2)c1.Cl.Cl. The standard InChI is InChI=1S/C20H31N3O2.2ClH/c1-15-6-7-16(18(13-15)23-9-11-25-12-10-23)14-22-19(24)17-5-3-4-8-20(17,2)21;;/h6-7,13,17H,3-5,8-12,14,21H2,1-2H3,(H,22,24);2*1H. The second-order valence-corrected chi connectivity index (χ2v) is 7.75. The lowest BCUT2D eigenvalue weighted by Gasteiger charge is -2.37. The molecule has 2 unspecified atom stereocenters. The number of anilines is 1. The first-order valence-corrected chi connectivity index (χ1v) is 9.46. The Balaban J connectivity index is 0.00000182. The summed E-state index contributed by atoms with van der Waals surface area (Å²) in [6, 6.07) is 6.45. The van der Waals surface area contributed by atoms with Gasteiger partial charge in [0.2, 0.25) is 5.91 Å². The molecule has 1 aliphatic carbocycles. The Morgan fingerprint density at radius 1 is 1.30 bits per heavy atom. The van der Waals surface area contributed by atoms with Crippen LogP contribution in [-0.2, 0) is 16.1 Å². The predicted molar refractivity (Wildman–Crippen MR) is 115 cm³/mol. The molecule has 2 fully saturated rings. The first kappa shape index (κ1) is 24.0. The Kier molecular flexibility index (Phi) is 9.35. The monoisotopic (exact) mass is 417 g/mol. The number of nitrogens with zero attached hydrogens (tertiary/aromatic N) is 1. The molecule has 5 nitrogen and oxygen atoms in total. The van der Waals surface area contributed by atoms with E-state index in [9.17, 15) is 4.79 Å². The summed E-state index contributed by atoms with van der Waals surface area (Å²) in [7, 11) is 0. The molecule has 3 N–H and O–H groups in total. The number of ether oxygens (including phenoxy) is 1. The van der Waals surface area contributed by atoms with E-state index in [1.165, 1.54) is 11.3 Å². The quantitative estimate of drug-likeness (QED) is 0.788. The van der Waals surface area contributed by atoms with Crippen molar-refractivity contribution in [2.45, 2.75) is 51.6 Å². The molecule has 1 heterocycles. The van der Waals surface area contributed by atoms with Crippen LogP contribution in [-0.4, -0.2) is 37.7 Å². The lowest BCUT2D eigenvalue weighted by Crippen LogP contribution is -2.52. The van der Waals surface area contributed by atoms with Gasteiger partial charge in [-0.3, -0.25) is 4.79 Å². The van der Waals surface area contributed by atoms with Crippen molar-refractivity contribution in [3.63, 3.8) is 0 Å². The number of halogens is 2. The molecule has 3 rings (SSSR count). The Hall–Kier alpha value is -1.01. The summed E-state index contributed by atoms with van der Waals surface area (Å²) in [5, 5.41) is 3.15.